The van der Waals surface area contributed by atoms with E-state index in [4.69, 9.17) is 4.84 Å². The zero-order valence-electron chi connectivity index (χ0n) is 15.5. The molecule has 0 radical (unpaired) electrons. The minimum atomic E-state index is 0.430. The van der Waals surface area contributed by atoms with Crippen LogP contribution < -0.4 is 0 Å². The van der Waals surface area contributed by atoms with Crippen LogP contribution in [-0.4, -0.2) is 35.6 Å². The van der Waals surface area contributed by atoms with Crippen LogP contribution in [-0.2, 0) is 16.1 Å². The van der Waals surface area contributed by atoms with E-state index in [2.05, 4.69) is 31.7 Å². The van der Waals surface area contributed by atoms with Crippen molar-refractivity contribution < 1.29 is 9.68 Å². The molecular weight excluding hydrogens is 328 g/mol. The molecule has 0 aliphatic heterocycles. The van der Waals surface area contributed by atoms with E-state index in [1.165, 1.54) is 7.11 Å². The maximum Gasteiger partial charge on any atom is 0.121 e. The Morgan fingerprint density at radius 3 is 2.69 bits per heavy atom. The fraction of sp³-hybridized carbons (Fsp3) is 0.300. The van der Waals surface area contributed by atoms with Crippen molar-refractivity contribution in [1.82, 2.24) is 9.97 Å². The van der Waals surface area contributed by atoms with E-state index in [-0.39, 0.29) is 0 Å². The van der Waals surface area contributed by atoms with Gasteiger partial charge in [-0.1, -0.05) is 29.0 Å². The van der Waals surface area contributed by atoms with Gasteiger partial charge in [-0.05, 0) is 43.7 Å². The molecule has 2 rings (SSSR count). The first-order valence-electron chi connectivity index (χ1n) is 8.40. The number of nitrogens with zero attached hydrogens (tertiary/aromatic N) is 4. The molecule has 0 saturated heterocycles. The zero-order valence-corrected chi connectivity index (χ0v) is 15.5. The highest BCUT2D eigenvalue weighted by atomic mass is 16.6. The summed E-state index contributed by atoms with van der Waals surface area (Å²) in [6, 6.07) is 11.6. The summed E-state index contributed by atoms with van der Waals surface area (Å²) in [5, 5.41) is 7.85. The Hall–Kier alpha value is -3.02. The maximum absolute atomic E-state index is 5.41. The standard InChI is InChI=1S/C20H24N4O2/c1-15(19-9-6-8-18(23-19)11-13-21-25-4)12-14-26-24-17(3)20-10-5-7-16(2)22-20/h5-10,13H,1,11-12,14H2,2-4H3/b21-13+,24-17+. The molecule has 0 aliphatic carbocycles. The van der Waals surface area contributed by atoms with Crippen LogP contribution in [0.3, 0.4) is 0 Å². The second-order valence-electron chi connectivity index (χ2n) is 5.72. The van der Waals surface area contributed by atoms with Crippen LogP contribution in [0, 0.1) is 6.92 Å². The Morgan fingerprint density at radius 1 is 1.15 bits per heavy atom. The lowest BCUT2D eigenvalue weighted by molar-refractivity contribution is 0.150. The van der Waals surface area contributed by atoms with Crippen LogP contribution in [0.5, 0.6) is 0 Å². The topological polar surface area (TPSA) is 69.0 Å². The normalized spacial score (nSPS) is 11.6. The first kappa shape index (κ1) is 19.3. The molecule has 0 aliphatic rings. The third-order valence-electron chi connectivity index (χ3n) is 3.60. The van der Waals surface area contributed by atoms with E-state index < -0.39 is 0 Å². The van der Waals surface area contributed by atoms with E-state index in [0.717, 1.165) is 34.1 Å². The van der Waals surface area contributed by atoms with Crippen molar-refractivity contribution in [1.29, 1.82) is 0 Å². The van der Waals surface area contributed by atoms with Gasteiger partial charge in [0.1, 0.15) is 19.4 Å². The van der Waals surface area contributed by atoms with Crippen molar-refractivity contribution in [3.63, 3.8) is 0 Å². The molecule has 0 spiro atoms. The van der Waals surface area contributed by atoms with Crippen molar-refractivity contribution >= 4 is 17.5 Å². The fourth-order valence-electron chi connectivity index (χ4n) is 2.23. The van der Waals surface area contributed by atoms with Gasteiger partial charge in [0.25, 0.3) is 0 Å². The van der Waals surface area contributed by atoms with Crippen molar-refractivity contribution in [2.75, 3.05) is 13.7 Å². The molecule has 26 heavy (non-hydrogen) atoms. The number of hydrogen-bond acceptors (Lipinski definition) is 6. The molecule has 0 saturated carbocycles. The molecule has 136 valence electrons. The number of rotatable bonds is 9. The summed E-state index contributed by atoms with van der Waals surface area (Å²) in [6.45, 7) is 8.34. The average Bonchev–Trinajstić information content (AvgIpc) is 2.65. The van der Waals surface area contributed by atoms with Gasteiger partial charge in [0, 0.05) is 30.4 Å². The van der Waals surface area contributed by atoms with Crippen LogP contribution in [0.15, 0.2) is 53.3 Å². The highest BCUT2D eigenvalue weighted by Gasteiger charge is 2.04. The number of aryl methyl sites for hydroxylation is 1. The van der Waals surface area contributed by atoms with E-state index in [9.17, 15) is 0 Å². The van der Waals surface area contributed by atoms with E-state index in [1.807, 2.05) is 50.2 Å². The Labute approximate surface area is 154 Å². The summed E-state index contributed by atoms with van der Waals surface area (Å²) in [7, 11) is 1.52. The second kappa shape index (κ2) is 10.1. The summed E-state index contributed by atoms with van der Waals surface area (Å²) in [4.78, 5) is 19.1. The van der Waals surface area contributed by atoms with Crippen LogP contribution in [0.2, 0.25) is 0 Å². The summed E-state index contributed by atoms with van der Waals surface area (Å²) in [5.74, 6) is 0. The number of pyridine rings is 2. The van der Waals surface area contributed by atoms with Gasteiger partial charge >= 0.3 is 0 Å². The maximum atomic E-state index is 5.41. The van der Waals surface area contributed by atoms with E-state index >= 15 is 0 Å². The lowest BCUT2D eigenvalue weighted by atomic mass is 10.1. The third-order valence-corrected chi connectivity index (χ3v) is 3.60. The summed E-state index contributed by atoms with van der Waals surface area (Å²) in [5.41, 5.74) is 5.17. The number of oxime groups is 2. The van der Waals surface area contributed by atoms with Crippen LogP contribution in [0.25, 0.3) is 5.57 Å². The molecule has 6 nitrogen and oxygen atoms in total. The fourth-order valence-corrected chi connectivity index (χ4v) is 2.23. The highest BCUT2D eigenvalue weighted by Crippen LogP contribution is 2.14. The van der Waals surface area contributed by atoms with Crippen LogP contribution in [0.4, 0.5) is 0 Å². The first-order chi connectivity index (χ1) is 12.6. The van der Waals surface area contributed by atoms with Crippen LogP contribution in [0.1, 0.15) is 36.1 Å². The van der Waals surface area contributed by atoms with Gasteiger partial charge in [0.05, 0.1) is 11.4 Å². The predicted molar refractivity (Wildman–Crippen MR) is 104 cm³/mol. The molecule has 0 fully saturated rings. The monoisotopic (exact) mass is 352 g/mol. The van der Waals surface area contributed by atoms with Crippen molar-refractivity contribution in [3.8, 4) is 0 Å². The molecule has 2 aromatic heterocycles. The van der Waals surface area contributed by atoms with Crippen molar-refractivity contribution in [2.24, 2.45) is 10.3 Å². The average molecular weight is 352 g/mol. The Morgan fingerprint density at radius 2 is 1.92 bits per heavy atom. The van der Waals surface area contributed by atoms with Gasteiger partial charge in [-0.15, -0.1) is 0 Å². The molecule has 0 amide bonds. The van der Waals surface area contributed by atoms with Gasteiger partial charge in [0.2, 0.25) is 0 Å². The minimum absolute atomic E-state index is 0.430. The van der Waals surface area contributed by atoms with Gasteiger partial charge in [-0.2, -0.15) is 0 Å². The third kappa shape index (κ3) is 6.12. The first-order valence-corrected chi connectivity index (χ1v) is 8.40. The largest absolute Gasteiger partial charge is 0.399 e. The van der Waals surface area contributed by atoms with Gasteiger partial charge < -0.3 is 9.68 Å². The molecule has 0 atom stereocenters. The molecule has 0 N–H and O–H groups in total. The minimum Gasteiger partial charge on any atom is -0.399 e. The lowest BCUT2D eigenvalue weighted by Gasteiger charge is -2.07. The molecule has 6 heteroatoms. The van der Waals surface area contributed by atoms with Gasteiger partial charge in [0.15, 0.2) is 0 Å². The summed E-state index contributed by atoms with van der Waals surface area (Å²) < 4.78 is 0. The Kier molecular flexibility index (Phi) is 7.49. The molecule has 2 heterocycles. The molecular formula is C20H24N4O2. The van der Waals surface area contributed by atoms with Crippen molar-refractivity contribution in [2.45, 2.75) is 26.7 Å². The molecule has 0 bridgehead atoms. The highest BCUT2D eigenvalue weighted by molar-refractivity contribution is 5.96. The number of hydrogen-bond donors (Lipinski definition) is 0. The van der Waals surface area contributed by atoms with E-state index in [1.54, 1.807) is 6.21 Å². The molecule has 2 aromatic rings. The van der Waals surface area contributed by atoms with Gasteiger partial charge in [-0.25, -0.2) is 0 Å². The van der Waals surface area contributed by atoms with Crippen LogP contribution >= 0.6 is 0 Å². The molecule has 0 unspecified atom stereocenters. The second-order valence-corrected chi connectivity index (χ2v) is 5.72. The van der Waals surface area contributed by atoms with Crippen molar-refractivity contribution in [3.05, 3.63) is 65.8 Å². The Balaban J connectivity index is 1.86. The Bertz CT molecular complexity index is 800. The zero-order chi connectivity index (χ0) is 18.8. The SMILES string of the molecule is C=C(CCO/N=C(\C)c1cccc(C)n1)c1cccc(C/C=N/OC)n1. The smallest absolute Gasteiger partial charge is 0.121 e. The van der Waals surface area contributed by atoms with Gasteiger partial charge in [-0.3, -0.25) is 9.97 Å². The predicted octanol–water partition coefficient (Wildman–Crippen LogP) is 3.80. The summed E-state index contributed by atoms with van der Waals surface area (Å²) in [6.07, 6.45) is 2.92. The molecule has 0 aromatic carbocycles. The number of aromatic nitrogens is 2. The lowest BCUT2D eigenvalue weighted by Crippen LogP contribution is -2.02. The van der Waals surface area contributed by atoms with E-state index in [0.29, 0.717) is 19.4 Å². The summed E-state index contributed by atoms with van der Waals surface area (Å²) >= 11 is 0. The quantitative estimate of drug-likeness (QED) is 0.391.